The summed E-state index contributed by atoms with van der Waals surface area (Å²) in [6.45, 7) is 0. The zero-order valence-electron chi connectivity index (χ0n) is 40.6. The second-order valence-corrected chi connectivity index (χ2v) is 19.9. The molecule has 14 aromatic rings. The van der Waals surface area contributed by atoms with Crippen molar-refractivity contribution in [2.45, 2.75) is 5.41 Å². The number of nitrogens with zero attached hydrogens (tertiary/aromatic N) is 5. The molecule has 0 aliphatic heterocycles. The summed E-state index contributed by atoms with van der Waals surface area (Å²) in [6.07, 6.45) is 0. The van der Waals surface area contributed by atoms with Gasteiger partial charge in [-0.15, -0.1) is 0 Å². The molecule has 3 aromatic heterocycles. The first-order chi connectivity index (χ1) is 37.2. The summed E-state index contributed by atoms with van der Waals surface area (Å²) in [5.41, 5.74) is 21.7. The van der Waals surface area contributed by atoms with Crippen LogP contribution >= 0.6 is 0 Å². The standard InChI is InChI=1S/C70H43N5/c1-2-18-44(19-3-1)45-36-38-46(39-37-45)67-71-68(47-20-16-22-49(40-47)74-63-33-13-7-27-54(63)55-28-8-14-34-64(55)74)73-69(72-67)48-21-17-23-50(41-48)75-65-35-15-9-29-56(65)58-42-62-57(43-66(58)75)53-26-6-12-32-61(53)70(62)59-30-10-4-24-51(59)52-25-5-11-31-60(52)70/h1-43H. The van der Waals surface area contributed by atoms with E-state index in [1.54, 1.807) is 0 Å². The summed E-state index contributed by atoms with van der Waals surface area (Å²) in [4.78, 5) is 16.0. The first-order valence-corrected chi connectivity index (χ1v) is 25.7. The normalized spacial score (nSPS) is 12.9. The van der Waals surface area contributed by atoms with Crippen LogP contribution < -0.4 is 0 Å². The average molecular weight is 954 g/mol. The zero-order chi connectivity index (χ0) is 49.2. The highest BCUT2D eigenvalue weighted by molar-refractivity contribution is 6.13. The molecule has 0 amide bonds. The van der Waals surface area contributed by atoms with E-state index in [2.05, 4.69) is 264 Å². The lowest BCUT2D eigenvalue weighted by atomic mass is 9.70. The van der Waals surface area contributed by atoms with E-state index in [4.69, 9.17) is 15.0 Å². The molecule has 0 atom stereocenters. The largest absolute Gasteiger partial charge is 0.309 e. The minimum atomic E-state index is -0.435. The van der Waals surface area contributed by atoms with Gasteiger partial charge in [0.15, 0.2) is 17.5 Å². The van der Waals surface area contributed by atoms with Crippen molar-refractivity contribution in [2.24, 2.45) is 0 Å². The van der Waals surface area contributed by atoms with Crippen LogP contribution in [0.25, 0.3) is 123 Å². The smallest absolute Gasteiger partial charge is 0.164 e. The molecule has 0 N–H and O–H groups in total. The fraction of sp³-hybridized carbons (Fsp3) is 0.0143. The Kier molecular flexibility index (Phi) is 8.89. The molecular weight excluding hydrogens is 911 g/mol. The molecule has 16 rings (SSSR count). The van der Waals surface area contributed by atoms with Crippen LogP contribution in [-0.4, -0.2) is 24.1 Å². The van der Waals surface area contributed by atoms with Crippen LogP contribution in [0.15, 0.2) is 261 Å². The number of benzene rings is 11. The Morgan fingerprint density at radius 2 is 0.627 bits per heavy atom. The van der Waals surface area contributed by atoms with Gasteiger partial charge >= 0.3 is 0 Å². The lowest BCUT2D eigenvalue weighted by Crippen LogP contribution is -2.25. The van der Waals surface area contributed by atoms with Crippen molar-refractivity contribution in [3.63, 3.8) is 0 Å². The Balaban J connectivity index is 0.881. The summed E-state index contributed by atoms with van der Waals surface area (Å²) >= 11 is 0. The van der Waals surface area contributed by atoms with E-state index in [1.807, 2.05) is 6.07 Å². The van der Waals surface area contributed by atoms with Crippen LogP contribution in [0.3, 0.4) is 0 Å². The van der Waals surface area contributed by atoms with Gasteiger partial charge in [0.1, 0.15) is 0 Å². The van der Waals surface area contributed by atoms with Crippen LogP contribution in [0, 0.1) is 0 Å². The Labute approximate surface area is 433 Å². The fourth-order valence-corrected chi connectivity index (χ4v) is 12.8. The van der Waals surface area contributed by atoms with Crippen LogP contribution in [0.2, 0.25) is 0 Å². The van der Waals surface area contributed by atoms with E-state index in [0.29, 0.717) is 17.5 Å². The van der Waals surface area contributed by atoms with Crippen molar-refractivity contribution in [1.82, 2.24) is 24.1 Å². The number of rotatable bonds is 6. The van der Waals surface area contributed by atoms with Crippen molar-refractivity contribution in [1.29, 1.82) is 0 Å². The van der Waals surface area contributed by atoms with E-state index >= 15 is 0 Å². The molecule has 1 spiro atoms. The van der Waals surface area contributed by atoms with Crippen molar-refractivity contribution in [2.75, 3.05) is 0 Å². The highest BCUT2D eigenvalue weighted by Crippen LogP contribution is 2.63. The third-order valence-electron chi connectivity index (χ3n) is 16.0. The highest BCUT2D eigenvalue weighted by Gasteiger charge is 2.51. The topological polar surface area (TPSA) is 48.5 Å². The van der Waals surface area contributed by atoms with E-state index in [0.717, 1.165) is 61.3 Å². The number of para-hydroxylation sites is 3. The lowest BCUT2D eigenvalue weighted by Gasteiger charge is -2.30. The molecule has 3 heterocycles. The molecule has 5 heteroatoms. The molecule has 0 saturated carbocycles. The number of aromatic nitrogens is 5. The van der Waals surface area contributed by atoms with Gasteiger partial charge in [0.05, 0.1) is 27.5 Å². The Morgan fingerprint density at radius 3 is 1.16 bits per heavy atom. The second kappa shape index (κ2) is 16.0. The van der Waals surface area contributed by atoms with Gasteiger partial charge in [0.25, 0.3) is 0 Å². The number of hydrogen-bond donors (Lipinski definition) is 0. The molecule has 11 aromatic carbocycles. The Bertz CT molecular complexity index is 4560. The van der Waals surface area contributed by atoms with Crippen LogP contribution in [0.1, 0.15) is 22.3 Å². The minimum Gasteiger partial charge on any atom is -0.309 e. The molecule has 0 bridgehead atoms. The predicted octanol–water partition coefficient (Wildman–Crippen LogP) is 17.1. The summed E-state index contributed by atoms with van der Waals surface area (Å²) in [7, 11) is 0. The molecule has 75 heavy (non-hydrogen) atoms. The van der Waals surface area contributed by atoms with Gasteiger partial charge in [-0.2, -0.15) is 0 Å². The predicted molar refractivity (Wildman–Crippen MR) is 307 cm³/mol. The average Bonchev–Trinajstić information content (AvgIpc) is 4.27. The fourth-order valence-electron chi connectivity index (χ4n) is 12.8. The first kappa shape index (κ1) is 41.6. The number of fused-ring (bicyclic) bond motifs is 16. The molecule has 0 unspecified atom stereocenters. The third kappa shape index (κ3) is 6.04. The molecule has 0 fully saturated rings. The number of hydrogen-bond acceptors (Lipinski definition) is 3. The quantitative estimate of drug-likeness (QED) is 0.167. The maximum atomic E-state index is 5.37. The van der Waals surface area contributed by atoms with Gasteiger partial charge in [-0.3, -0.25) is 0 Å². The maximum absolute atomic E-state index is 5.37. The maximum Gasteiger partial charge on any atom is 0.164 e. The zero-order valence-corrected chi connectivity index (χ0v) is 40.6. The lowest BCUT2D eigenvalue weighted by molar-refractivity contribution is 0.795. The third-order valence-corrected chi connectivity index (χ3v) is 16.0. The molecule has 0 radical (unpaired) electrons. The Hall–Kier alpha value is -9.97. The molecule has 348 valence electrons. The molecule has 2 aliphatic rings. The summed E-state index contributed by atoms with van der Waals surface area (Å²) in [6, 6.07) is 94.5. The molecular formula is C70H43N5. The van der Waals surface area contributed by atoms with Gasteiger partial charge in [0, 0.05) is 49.6 Å². The van der Waals surface area contributed by atoms with Crippen molar-refractivity contribution < 1.29 is 0 Å². The summed E-state index contributed by atoms with van der Waals surface area (Å²) < 4.78 is 4.77. The van der Waals surface area contributed by atoms with Gasteiger partial charge < -0.3 is 9.13 Å². The van der Waals surface area contributed by atoms with Crippen LogP contribution in [0.5, 0.6) is 0 Å². The van der Waals surface area contributed by atoms with E-state index < -0.39 is 5.41 Å². The van der Waals surface area contributed by atoms with E-state index in [9.17, 15) is 0 Å². The molecule has 0 saturated heterocycles. The van der Waals surface area contributed by atoms with Gasteiger partial charge in [-0.05, 0) is 110 Å². The van der Waals surface area contributed by atoms with Crippen molar-refractivity contribution in [3.05, 3.63) is 283 Å². The van der Waals surface area contributed by atoms with Gasteiger partial charge in [0.2, 0.25) is 0 Å². The molecule has 2 aliphatic carbocycles. The van der Waals surface area contributed by atoms with E-state index in [1.165, 1.54) is 66.1 Å². The van der Waals surface area contributed by atoms with Gasteiger partial charge in [-0.25, -0.2) is 15.0 Å². The monoisotopic (exact) mass is 953 g/mol. The minimum absolute atomic E-state index is 0.435. The highest BCUT2D eigenvalue weighted by atomic mass is 15.0. The summed E-state index contributed by atoms with van der Waals surface area (Å²) in [5.74, 6) is 1.81. The van der Waals surface area contributed by atoms with Crippen LogP contribution in [-0.2, 0) is 5.41 Å². The van der Waals surface area contributed by atoms with Crippen molar-refractivity contribution in [3.8, 4) is 78.9 Å². The Morgan fingerprint density at radius 1 is 0.240 bits per heavy atom. The molecule has 5 nitrogen and oxygen atoms in total. The van der Waals surface area contributed by atoms with Crippen LogP contribution in [0.4, 0.5) is 0 Å². The van der Waals surface area contributed by atoms with Gasteiger partial charge in [-0.1, -0.05) is 206 Å². The summed E-state index contributed by atoms with van der Waals surface area (Å²) in [5, 5.41) is 4.86. The van der Waals surface area contributed by atoms with Crippen molar-refractivity contribution >= 4 is 43.6 Å². The first-order valence-electron chi connectivity index (χ1n) is 25.7. The second-order valence-electron chi connectivity index (χ2n) is 19.9. The SMILES string of the molecule is c1ccc(-c2ccc(-c3nc(-c4cccc(-n5c6ccccc6c6ccccc65)c4)nc(-c4cccc(-n5c6ccccc6c6cc7c(cc65)-c5ccccc5C75c6ccccc6-c6ccccc65)c4)n3)cc2)cc1. The van der Waals surface area contributed by atoms with E-state index in [-0.39, 0.29) is 0 Å².